The highest BCUT2D eigenvalue weighted by Crippen LogP contribution is 2.26. The minimum atomic E-state index is -0.392. The number of likely N-dealkylation sites (tertiary alicyclic amines) is 1. The van der Waals surface area contributed by atoms with Gasteiger partial charge in [-0.15, -0.1) is 11.3 Å². The molecule has 27 heavy (non-hydrogen) atoms. The summed E-state index contributed by atoms with van der Waals surface area (Å²) in [7, 11) is 4.01. The summed E-state index contributed by atoms with van der Waals surface area (Å²) >= 11 is 1.73. The van der Waals surface area contributed by atoms with Gasteiger partial charge in [0.15, 0.2) is 5.13 Å². The van der Waals surface area contributed by atoms with Crippen LogP contribution in [0, 0.1) is 11.7 Å². The fourth-order valence-corrected chi connectivity index (χ4v) is 4.31. The maximum absolute atomic E-state index is 13.6. The second-order valence-corrected chi connectivity index (χ2v) is 8.41. The van der Waals surface area contributed by atoms with Gasteiger partial charge in [-0.2, -0.15) is 0 Å². The molecule has 0 aliphatic carbocycles. The highest BCUT2D eigenvalue weighted by molar-refractivity contribution is 7.15. The number of carbonyl (C=O) groups excluding carboxylic acids is 1. The number of nitrogens with zero attached hydrogens (tertiary/aromatic N) is 3. The molecular formula is C20H27FN4OS. The van der Waals surface area contributed by atoms with Crippen LogP contribution in [0.25, 0.3) is 0 Å². The van der Waals surface area contributed by atoms with Crippen molar-refractivity contribution in [1.29, 1.82) is 0 Å². The molecule has 0 saturated carbocycles. The van der Waals surface area contributed by atoms with Crippen LogP contribution in [0.1, 0.15) is 30.6 Å². The molecule has 1 N–H and O–H groups in total. The lowest BCUT2D eigenvalue weighted by Gasteiger charge is -2.32. The Morgan fingerprint density at radius 1 is 1.41 bits per heavy atom. The zero-order valence-electron chi connectivity index (χ0n) is 15.9. The largest absolute Gasteiger partial charge is 0.354 e. The van der Waals surface area contributed by atoms with Crippen molar-refractivity contribution in [2.24, 2.45) is 5.92 Å². The predicted molar refractivity (Wildman–Crippen MR) is 109 cm³/mol. The standard InChI is InChI=1S/C20H27FN4OS/c1-24(2)20-22-12-16(27-20)14-25-11-5-6-15(13-25)9-10-19(26)23-18-8-4-3-7-17(18)21/h3-4,7-8,12,15H,5-6,9-11,13-14H2,1-2H3,(H,23,26)/t15-/m0/s1. The number of carbonyl (C=O) groups is 1. The van der Waals surface area contributed by atoms with Gasteiger partial charge in [-0.3, -0.25) is 9.69 Å². The van der Waals surface area contributed by atoms with Gasteiger partial charge >= 0.3 is 0 Å². The van der Waals surface area contributed by atoms with Gasteiger partial charge < -0.3 is 10.2 Å². The Labute approximate surface area is 164 Å². The number of halogens is 1. The first-order chi connectivity index (χ1) is 13.0. The summed E-state index contributed by atoms with van der Waals surface area (Å²) in [6.45, 7) is 3.01. The summed E-state index contributed by atoms with van der Waals surface area (Å²) in [5.74, 6) is -0.00184. The fourth-order valence-electron chi connectivity index (χ4n) is 3.44. The van der Waals surface area contributed by atoms with Crippen LogP contribution in [0.4, 0.5) is 15.2 Å². The molecule has 5 nitrogen and oxygen atoms in total. The molecule has 1 aliphatic rings. The Kier molecular flexibility index (Phi) is 6.79. The second kappa shape index (κ2) is 9.28. The summed E-state index contributed by atoms with van der Waals surface area (Å²) in [6.07, 6.45) is 5.53. The number of hydrogen-bond donors (Lipinski definition) is 1. The Balaban J connectivity index is 1.45. The zero-order chi connectivity index (χ0) is 19.2. The molecule has 0 spiro atoms. The van der Waals surface area contributed by atoms with Crippen LogP contribution in [0.2, 0.25) is 0 Å². The van der Waals surface area contributed by atoms with Gasteiger partial charge in [-0.05, 0) is 43.9 Å². The number of hydrogen-bond acceptors (Lipinski definition) is 5. The van der Waals surface area contributed by atoms with Gasteiger partial charge in [-0.25, -0.2) is 9.37 Å². The van der Waals surface area contributed by atoms with E-state index in [1.807, 2.05) is 25.2 Å². The van der Waals surface area contributed by atoms with Crippen molar-refractivity contribution in [3.05, 3.63) is 41.2 Å². The van der Waals surface area contributed by atoms with Crippen LogP contribution < -0.4 is 10.2 Å². The van der Waals surface area contributed by atoms with Crippen LogP contribution in [-0.4, -0.2) is 43.0 Å². The van der Waals surface area contributed by atoms with Gasteiger partial charge in [0, 0.05) is 44.7 Å². The van der Waals surface area contributed by atoms with E-state index in [0.717, 1.165) is 44.0 Å². The van der Waals surface area contributed by atoms with E-state index >= 15 is 0 Å². The lowest BCUT2D eigenvalue weighted by Crippen LogP contribution is -2.35. The maximum atomic E-state index is 13.6. The molecule has 1 fully saturated rings. The number of nitrogens with one attached hydrogen (secondary N) is 1. The molecule has 2 aromatic rings. The van der Waals surface area contributed by atoms with Crippen LogP contribution in [0.3, 0.4) is 0 Å². The highest BCUT2D eigenvalue weighted by atomic mass is 32.1. The van der Waals surface area contributed by atoms with Crippen molar-refractivity contribution in [2.75, 3.05) is 37.4 Å². The number of amides is 1. The summed E-state index contributed by atoms with van der Waals surface area (Å²) in [4.78, 5) is 22.3. The van der Waals surface area contributed by atoms with Gasteiger partial charge in [-0.1, -0.05) is 12.1 Å². The predicted octanol–water partition coefficient (Wildman–Crippen LogP) is 3.98. The average molecular weight is 391 g/mol. The second-order valence-electron chi connectivity index (χ2n) is 7.31. The Morgan fingerprint density at radius 2 is 2.22 bits per heavy atom. The maximum Gasteiger partial charge on any atom is 0.224 e. The molecule has 146 valence electrons. The van der Waals surface area contributed by atoms with Gasteiger partial charge in [0.2, 0.25) is 5.91 Å². The van der Waals surface area contributed by atoms with Gasteiger partial charge in [0.25, 0.3) is 0 Å². The fraction of sp³-hybridized carbons (Fsp3) is 0.500. The summed E-state index contributed by atoms with van der Waals surface area (Å²) in [5, 5.41) is 3.71. The van der Waals surface area contributed by atoms with Crippen LogP contribution >= 0.6 is 11.3 Å². The first kappa shape index (κ1) is 19.8. The van der Waals surface area contributed by atoms with E-state index in [1.54, 1.807) is 29.5 Å². The van der Waals surface area contributed by atoms with E-state index in [4.69, 9.17) is 0 Å². The molecule has 0 bridgehead atoms. The van der Waals surface area contributed by atoms with E-state index in [0.29, 0.717) is 12.3 Å². The van der Waals surface area contributed by atoms with E-state index in [2.05, 4.69) is 15.2 Å². The van der Waals surface area contributed by atoms with Gasteiger partial charge in [0.05, 0.1) is 5.69 Å². The molecule has 1 atom stereocenters. The molecule has 1 amide bonds. The monoisotopic (exact) mass is 390 g/mol. The lowest BCUT2D eigenvalue weighted by atomic mass is 9.93. The van der Waals surface area contributed by atoms with E-state index in [1.165, 1.54) is 10.9 Å². The Hall–Kier alpha value is -1.99. The molecule has 0 unspecified atom stereocenters. The third kappa shape index (κ3) is 5.74. The normalized spacial score (nSPS) is 17.7. The number of benzene rings is 1. The lowest BCUT2D eigenvalue weighted by molar-refractivity contribution is -0.116. The number of para-hydroxylation sites is 1. The molecule has 3 rings (SSSR count). The van der Waals surface area contributed by atoms with Crippen molar-refractivity contribution in [3.63, 3.8) is 0 Å². The number of rotatable bonds is 7. The van der Waals surface area contributed by atoms with Crippen LogP contribution in [-0.2, 0) is 11.3 Å². The van der Waals surface area contributed by atoms with E-state index in [9.17, 15) is 9.18 Å². The van der Waals surface area contributed by atoms with Gasteiger partial charge in [0.1, 0.15) is 5.82 Å². The summed E-state index contributed by atoms with van der Waals surface area (Å²) < 4.78 is 13.6. The van der Waals surface area contributed by atoms with E-state index in [-0.39, 0.29) is 11.6 Å². The van der Waals surface area contributed by atoms with Crippen molar-refractivity contribution in [1.82, 2.24) is 9.88 Å². The topological polar surface area (TPSA) is 48.5 Å². The molecule has 1 aliphatic heterocycles. The minimum Gasteiger partial charge on any atom is -0.354 e. The van der Waals surface area contributed by atoms with E-state index < -0.39 is 5.82 Å². The quantitative estimate of drug-likeness (QED) is 0.777. The number of aromatic nitrogens is 1. The first-order valence-electron chi connectivity index (χ1n) is 9.40. The molecule has 2 heterocycles. The van der Waals surface area contributed by atoms with Crippen molar-refractivity contribution in [3.8, 4) is 0 Å². The smallest absolute Gasteiger partial charge is 0.224 e. The number of thiazole rings is 1. The highest BCUT2D eigenvalue weighted by Gasteiger charge is 2.21. The SMILES string of the molecule is CN(C)c1ncc(CN2CCC[C@@H](CCC(=O)Nc3ccccc3F)C2)s1. The average Bonchev–Trinajstić information content (AvgIpc) is 3.11. The van der Waals surface area contributed by atoms with Crippen molar-refractivity contribution < 1.29 is 9.18 Å². The summed E-state index contributed by atoms with van der Waals surface area (Å²) in [5.41, 5.74) is 0.259. The molecule has 1 aromatic heterocycles. The molecule has 1 aromatic carbocycles. The first-order valence-corrected chi connectivity index (χ1v) is 10.2. The number of anilines is 2. The summed E-state index contributed by atoms with van der Waals surface area (Å²) in [6, 6.07) is 6.29. The van der Waals surface area contributed by atoms with Crippen molar-refractivity contribution in [2.45, 2.75) is 32.2 Å². The molecule has 1 saturated heterocycles. The Morgan fingerprint density at radius 3 is 2.96 bits per heavy atom. The molecule has 7 heteroatoms. The third-order valence-corrected chi connectivity index (χ3v) is 5.98. The minimum absolute atomic E-state index is 0.115. The number of piperidine rings is 1. The van der Waals surface area contributed by atoms with Crippen molar-refractivity contribution >= 4 is 28.1 Å². The van der Waals surface area contributed by atoms with Crippen LogP contribution in [0.15, 0.2) is 30.5 Å². The zero-order valence-corrected chi connectivity index (χ0v) is 16.8. The molecular weight excluding hydrogens is 363 g/mol. The van der Waals surface area contributed by atoms with Crippen LogP contribution in [0.5, 0.6) is 0 Å². The third-order valence-electron chi connectivity index (χ3n) is 4.83. The Bertz CT molecular complexity index is 764. The molecule has 0 radical (unpaired) electrons.